The Morgan fingerprint density at radius 2 is 2.25 bits per heavy atom. The number of nitrogens with one attached hydrogen (secondary N) is 1. The van der Waals surface area contributed by atoms with Crippen molar-refractivity contribution in [1.29, 1.82) is 0 Å². The van der Waals surface area contributed by atoms with E-state index in [0.29, 0.717) is 6.04 Å². The van der Waals surface area contributed by atoms with Crippen molar-refractivity contribution >= 4 is 11.3 Å². The fraction of sp³-hybridized carbons (Fsp3) is 0.769. The molecule has 2 rings (SSSR count). The second-order valence-corrected chi connectivity index (χ2v) is 5.48. The smallest absolute Gasteiger partial charge is 0.0795 e. The van der Waals surface area contributed by atoms with Gasteiger partial charge in [-0.05, 0) is 18.9 Å². The Hall–Kier alpha value is -0.410. The second kappa shape index (κ2) is 6.36. The minimum absolute atomic E-state index is 0.486. The molecule has 1 atom stereocenters. The average molecular weight is 238 g/mol. The summed E-state index contributed by atoms with van der Waals surface area (Å²) in [5.41, 5.74) is 3.19. The summed E-state index contributed by atoms with van der Waals surface area (Å²) >= 11 is 1.70. The zero-order valence-corrected chi connectivity index (χ0v) is 10.9. The van der Waals surface area contributed by atoms with Crippen molar-refractivity contribution in [3.05, 3.63) is 16.6 Å². The van der Waals surface area contributed by atoms with E-state index in [0.717, 1.165) is 12.5 Å². The lowest BCUT2D eigenvalue weighted by atomic mass is 9.84. The number of thiazole rings is 1. The minimum Gasteiger partial charge on any atom is -0.309 e. The lowest BCUT2D eigenvalue weighted by Crippen LogP contribution is -2.24. The van der Waals surface area contributed by atoms with E-state index in [1.807, 2.05) is 5.51 Å². The normalized spacial score (nSPS) is 19.8. The van der Waals surface area contributed by atoms with Crippen LogP contribution in [0.5, 0.6) is 0 Å². The highest BCUT2D eigenvalue weighted by Gasteiger charge is 2.20. The molecule has 1 aliphatic carbocycles. The van der Waals surface area contributed by atoms with Gasteiger partial charge in [-0.25, -0.2) is 4.98 Å². The SMILES string of the molecule is CCNC(CC1CCCCC1)c1cscn1. The molecule has 1 aromatic rings. The molecule has 1 aliphatic rings. The molecule has 0 aromatic carbocycles. The van der Waals surface area contributed by atoms with Crippen LogP contribution in [0.25, 0.3) is 0 Å². The highest BCUT2D eigenvalue weighted by atomic mass is 32.1. The minimum atomic E-state index is 0.486. The van der Waals surface area contributed by atoms with Gasteiger partial charge in [0.2, 0.25) is 0 Å². The van der Waals surface area contributed by atoms with Crippen LogP contribution in [0, 0.1) is 5.92 Å². The molecule has 0 amide bonds. The molecule has 1 fully saturated rings. The molecule has 1 N–H and O–H groups in total. The Bertz CT molecular complexity index is 278. The van der Waals surface area contributed by atoms with E-state index >= 15 is 0 Å². The number of aromatic nitrogens is 1. The third-order valence-corrected chi connectivity index (χ3v) is 4.16. The van der Waals surface area contributed by atoms with Crippen LogP contribution >= 0.6 is 11.3 Å². The third kappa shape index (κ3) is 3.29. The monoisotopic (exact) mass is 238 g/mol. The van der Waals surface area contributed by atoms with Gasteiger partial charge in [-0.3, -0.25) is 0 Å². The maximum absolute atomic E-state index is 4.46. The topological polar surface area (TPSA) is 24.9 Å². The van der Waals surface area contributed by atoms with E-state index in [-0.39, 0.29) is 0 Å². The lowest BCUT2D eigenvalue weighted by Gasteiger charge is -2.26. The van der Waals surface area contributed by atoms with Crippen LogP contribution in [0.3, 0.4) is 0 Å². The van der Waals surface area contributed by atoms with Gasteiger partial charge in [-0.1, -0.05) is 39.0 Å². The van der Waals surface area contributed by atoms with Crippen LogP contribution in [0.15, 0.2) is 10.9 Å². The quantitative estimate of drug-likeness (QED) is 0.844. The Labute approximate surface area is 102 Å². The molecule has 3 heteroatoms. The van der Waals surface area contributed by atoms with Crippen molar-refractivity contribution in [2.24, 2.45) is 5.92 Å². The van der Waals surface area contributed by atoms with Gasteiger partial charge in [0.1, 0.15) is 0 Å². The molecular formula is C13H22N2S. The maximum Gasteiger partial charge on any atom is 0.0795 e. The standard InChI is InChI=1S/C13H22N2S/c1-2-14-12(13-9-16-10-15-13)8-11-6-4-3-5-7-11/h9-12,14H,2-8H2,1H3. The van der Waals surface area contributed by atoms with Gasteiger partial charge in [0.05, 0.1) is 17.2 Å². The highest BCUT2D eigenvalue weighted by Crippen LogP contribution is 2.31. The van der Waals surface area contributed by atoms with Crippen molar-refractivity contribution in [2.75, 3.05) is 6.54 Å². The van der Waals surface area contributed by atoms with Crippen LogP contribution in [-0.4, -0.2) is 11.5 Å². The molecular weight excluding hydrogens is 216 g/mol. The van der Waals surface area contributed by atoms with E-state index in [9.17, 15) is 0 Å². The zero-order chi connectivity index (χ0) is 11.2. The maximum atomic E-state index is 4.46. The number of nitrogens with zero attached hydrogens (tertiary/aromatic N) is 1. The summed E-state index contributed by atoms with van der Waals surface area (Å²) in [7, 11) is 0. The van der Waals surface area contributed by atoms with Crippen molar-refractivity contribution in [2.45, 2.75) is 51.5 Å². The Balaban J connectivity index is 1.91. The van der Waals surface area contributed by atoms with Crippen LogP contribution in [-0.2, 0) is 0 Å². The van der Waals surface area contributed by atoms with Crippen LogP contribution in [0.4, 0.5) is 0 Å². The molecule has 16 heavy (non-hydrogen) atoms. The van der Waals surface area contributed by atoms with Crippen molar-refractivity contribution in [1.82, 2.24) is 10.3 Å². The van der Waals surface area contributed by atoms with Gasteiger partial charge in [0, 0.05) is 5.38 Å². The summed E-state index contributed by atoms with van der Waals surface area (Å²) in [6.07, 6.45) is 8.43. The number of rotatable bonds is 5. The summed E-state index contributed by atoms with van der Waals surface area (Å²) < 4.78 is 0. The van der Waals surface area contributed by atoms with Gasteiger partial charge in [-0.15, -0.1) is 11.3 Å². The molecule has 0 bridgehead atoms. The Morgan fingerprint density at radius 3 is 2.88 bits per heavy atom. The first-order chi connectivity index (χ1) is 7.90. The fourth-order valence-electron chi connectivity index (χ4n) is 2.71. The lowest BCUT2D eigenvalue weighted by molar-refractivity contribution is 0.299. The van der Waals surface area contributed by atoms with Crippen molar-refractivity contribution in [3.8, 4) is 0 Å². The zero-order valence-electron chi connectivity index (χ0n) is 10.1. The summed E-state index contributed by atoms with van der Waals surface area (Å²) in [4.78, 5) is 4.46. The summed E-state index contributed by atoms with van der Waals surface area (Å²) in [6.45, 7) is 3.22. The van der Waals surface area contributed by atoms with Crippen molar-refractivity contribution < 1.29 is 0 Å². The van der Waals surface area contributed by atoms with E-state index in [2.05, 4.69) is 22.6 Å². The van der Waals surface area contributed by atoms with E-state index < -0.39 is 0 Å². The fourth-order valence-corrected chi connectivity index (χ4v) is 3.31. The summed E-state index contributed by atoms with van der Waals surface area (Å²) in [5.74, 6) is 0.916. The molecule has 1 unspecified atom stereocenters. The molecule has 1 heterocycles. The molecule has 1 aromatic heterocycles. The molecule has 0 saturated heterocycles. The van der Waals surface area contributed by atoms with Crippen LogP contribution in [0.1, 0.15) is 57.2 Å². The highest BCUT2D eigenvalue weighted by molar-refractivity contribution is 7.07. The van der Waals surface area contributed by atoms with E-state index in [1.54, 1.807) is 11.3 Å². The first-order valence-electron chi connectivity index (χ1n) is 6.51. The van der Waals surface area contributed by atoms with Gasteiger partial charge >= 0.3 is 0 Å². The van der Waals surface area contributed by atoms with Gasteiger partial charge in [0.15, 0.2) is 0 Å². The van der Waals surface area contributed by atoms with Gasteiger partial charge in [-0.2, -0.15) is 0 Å². The summed E-state index contributed by atoms with van der Waals surface area (Å²) in [5, 5.41) is 5.77. The third-order valence-electron chi connectivity index (χ3n) is 3.55. The van der Waals surface area contributed by atoms with E-state index in [4.69, 9.17) is 0 Å². The predicted molar refractivity (Wildman–Crippen MR) is 69.7 cm³/mol. The Morgan fingerprint density at radius 1 is 1.44 bits per heavy atom. The largest absolute Gasteiger partial charge is 0.309 e. The average Bonchev–Trinajstić information content (AvgIpc) is 2.83. The number of hydrogen-bond acceptors (Lipinski definition) is 3. The van der Waals surface area contributed by atoms with Crippen LogP contribution in [0.2, 0.25) is 0 Å². The van der Waals surface area contributed by atoms with Crippen molar-refractivity contribution in [3.63, 3.8) is 0 Å². The first-order valence-corrected chi connectivity index (χ1v) is 7.46. The van der Waals surface area contributed by atoms with Crippen LogP contribution < -0.4 is 5.32 Å². The van der Waals surface area contributed by atoms with E-state index in [1.165, 1.54) is 44.2 Å². The summed E-state index contributed by atoms with van der Waals surface area (Å²) in [6, 6.07) is 0.486. The molecule has 90 valence electrons. The molecule has 0 spiro atoms. The molecule has 0 radical (unpaired) electrons. The van der Waals surface area contributed by atoms with Gasteiger partial charge in [0.25, 0.3) is 0 Å². The molecule has 2 nitrogen and oxygen atoms in total. The second-order valence-electron chi connectivity index (χ2n) is 4.76. The Kier molecular flexibility index (Phi) is 4.79. The predicted octanol–water partition coefficient (Wildman–Crippen LogP) is 3.76. The van der Waals surface area contributed by atoms with Gasteiger partial charge < -0.3 is 5.32 Å². The first kappa shape index (κ1) is 12.1. The molecule has 0 aliphatic heterocycles. The number of hydrogen-bond donors (Lipinski definition) is 1. The molecule has 1 saturated carbocycles.